The highest BCUT2D eigenvalue weighted by molar-refractivity contribution is 7.25. The molecule has 0 aliphatic carbocycles. The Morgan fingerprint density at radius 1 is 0.733 bits per heavy atom. The van der Waals surface area contributed by atoms with E-state index in [1.165, 1.54) is 20.2 Å². The van der Waals surface area contributed by atoms with Crippen molar-refractivity contribution in [3.63, 3.8) is 0 Å². The van der Waals surface area contributed by atoms with Crippen molar-refractivity contribution in [3.05, 3.63) is 84.1 Å². The van der Waals surface area contributed by atoms with Gasteiger partial charge in [-0.05, 0) is 48.5 Å². The zero-order valence-corrected chi connectivity index (χ0v) is 16.4. The summed E-state index contributed by atoms with van der Waals surface area (Å²) in [6, 6.07) is 26.4. The third-order valence-electron chi connectivity index (χ3n) is 5.45. The van der Waals surface area contributed by atoms with Crippen molar-refractivity contribution >= 4 is 53.4 Å². The van der Waals surface area contributed by atoms with E-state index >= 15 is 0 Å². The zero-order valence-electron chi connectivity index (χ0n) is 15.6. The maximum Gasteiger partial charge on any atom is 0.0992 e. The molecule has 6 rings (SSSR count). The molecule has 0 saturated heterocycles. The fraction of sp³-hybridized carbons (Fsp3) is 0. The molecule has 0 atom stereocenters. The lowest BCUT2D eigenvalue weighted by Gasteiger charge is -2.08. The molecule has 0 spiro atoms. The van der Waals surface area contributed by atoms with Crippen molar-refractivity contribution in [2.75, 3.05) is 0 Å². The van der Waals surface area contributed by atoms with E-state index in [1.54, 1.807) is 23.6 Å². The van der Waals surface area contributed by atoms with Gasteiger partial charge in [0.15, 0.2) is 0 Å². The fourth-order valence-corrected chi connectivity index (χ4v) is 5.32. The minimum absolute atomic E-state index is 0.464. The number of hydrogen-bond donors (Lipinski definition) is 0. The average Bonchev–Trinajstić information content (AvgIpc) is 3.32. The second kappa shape index (κ2) is 6.15. The van der Waals surface area contributed by atoms with Crippen LogP contribution in [0.4, 0.5) is 0 Å². The topological polar surface area (TPSA) is 65.4 Å². The summed E-state index contributed by atoms with van der Waals surface area (Å²) in [6.45, 7) is 0. The Balaban J connectivity index is 1.80. The predicted molar refractivity (Wildman–Crippen MR) is 121 cm³/mol. The first-order valence-electron chi connectivity index (χ1n) is 9.43. The van der Waals surface area contributed by atoms with Crippen LogP contribution in [0.5, 0.6) is 0 Å². The lowest BCUT2D eigenvalue weighted by Crippen LogP contribution is -1.96. The molecule has 0 aliphatic heterocycles. The molecule has 0 aliphatic rings. The number of hydrogen-bond acceptors (Lipinski definition) is 4. The van der Waals surface area contributed by atoms with Crippen molar-refractivity contribution in [2.45, 2.75) is 0 Å². The number of rotatable bonds is 1. The van der Waals surface area contributed by atoms with Crippen LogP contribution in [0.15, 0.2) is 72.9 Å². The van der Waals surface area contributed by atoms with Gasteiger partial charge in [0.25, 0.3) is 0 Å². The summed E-state index contributed by atoms with van der Waals surface area (Å²) in [6.07, 6.45) is 1.80. The lowest BCUT2D eigenvalue weighted by atomic mass is 10.1. The van der Waals surface area contributed by atoms with Gasteiger partial charge in [-0.1, -0.05) is 18.2 Å². The van der Waals surface area contributed by atoms with E-state index in [-0.39, 0.29) is 0 Å². The number of pyridine rings is 1. The summed E-state index contributed by atoms with van der Waals surface area (Å²) in [5.74, 6) is 0. The van der Waals surface area contributed by atoms with Gasteiger partial charge in [-0.3, -0.25) is 4.98 Å². The van der Waals surface area contributed by atoms with Crippen LogP contribution in [0.1, 0.15) is 11.1 Å². The van der Waals surface area contributed by atoms with Gasteiger partial charge in [0, 0.05) is 37.4 Å². The third kappa shape index (κ3) is 2.27. The van der Waals surface area contributed by atoms with Crippen LogP contribution < -0.4 is 0 Å². The molecule has 0 saturated carbocycles. The summed E-state index contributed by atoms with van der Waals surface area (Å²) in [4.78, 5) is 4.66. The van der Waals surface area contributed by atoms with E-state index in [1.807, 2.05) is 24.3 Å². The summed E-state index contributed by atoms with van der Waals surface area (Å²) in [5, 5.41) is 22.4. The Bertz CT molecular complexity index is 1690. The summed E-state index contributed by atoms with van der Waals surface area (Å²) in [5.41, 5.74) is 4.59. The molecule has 0 unspecified atom stereocenters. The largest absolute Gasteiger partial charge is 0.307 e. The monoisotopic (exact) mass is 400 g/mol. The number of fused-ring (bicyclic) bond motifs is 6. The van der Waals surface area contributed by atoms with Gasteiger partial charge in [-0.15, -0.1) is 11.3 Å². The molecule has 3 aromatic heterocycles. The van der Waals surface area contributed by atoms with Crippen LogP contribution in [0, 0.1) is 22.7 Å². The quantitative estimate of drug-likeness (QED) is 0.326. The zero-order chi connectivity index (χ0) is 20.2. The second-order valence-corrected chi connectivity index (χ2v) is 8.25. The molecule has 6 aromatic rings. The molecule has 0 fully saturated rings. The van der Waals surface area contributed by atoms with E-state index in [0.717, 1.165) is 27.6 Å². The number of benzene rings is 3. The van der Waals surface area contributed by atoms with Gasteiger partial charge < -0.3 is 4.57 Å². The molecule has 0 amide bonds. The smallest absolute Gasteiger partial charge is 0.0992 e. The fourth-order valence-electron chi connectivity index (χ4n) is 4.20. The van der Waals surface area contributed by atoms with E-state index in [0.29, 0.717) is 11.1 Å². The summed E-state index contributed by atoms with van der Waals surface area (Å²) >= 11 is 1.77. The van der Waals surface area contributed by atoms with Gasteiger partial charge in [-0.25, -0.2) is 0 Å². The average molecular weight is 400 g/mol. The normalized spacial score (nSPS) is 11.3. The first-order chi connectivity index (χ1) is 14.8. The molecule has 3 aromatic carbocycles. The molecule has 138 valence electrons. The standard InChI is InChI=1S/C25H12N4S/c26-13-15-8-16(14-27)10-17(9-15)29-21-5-3-7-28-25(21)20-11-19-18-4-1-2-6-23(18)30-24(19)12-22(20)29/h1-12H. The molecule has 0 N–H and O–H groups in total. The number of thiophene rings is 1. The Labute approximate surface area is 175 Å². The third-order valence-corrected chi connectivity index (χ3v) is 6.59. The van der Waals surface area contributed by atoms with Gasteiger partial charge >= 0.3 is 0 Å². The SMILES string of the molecule is N#Cc1cc(C#N)cc(-n2c3cc4sc5ccccc5c4cc3c3ncccc32)c1. The van der Waals surface area contributed by atoms with Crippen LogP contribution in [0.3, 0.4) is 0 Å². The van der Waals surface area contributed by atoms with Crippen molar-refractivity contribution < 1.29 is 0 Å². The Morgan fingerprint density at radius 3 is 2.33 bits per heavy atom. The van der Waals surface area contributed by atoms with E-state index in [4.69, 9.17) is 0 Å². The molecule has 0 radical (unpaired) electrons. The number of aromatic nitrogens is 2. The van der Waals surface area contributed by atoms with Gasteiger partial charge in [0.1, 0.15) is 0 Å². The Morgan fingerprint density at radius 2 is 1.53 bits per heavy atom. The molecule has 4 nitrogen and oxygen atoms in total. The first kappa shape index (κ1) is 16.7. The van der Waals surface area contributed by atoms with Crippen LogP contribution in [0.2, 0.25) is 0 Å². The van der Waals surface area contributed by atoms with Gasteiger partial charge in [-0.2, -0.15) is 10.5 Å². The van der Waals surface area contributed by atoms with Crippen LogP contribution in [-0.4, -0.2) is 9.55 Å². The molecule has 3 heterocycles. The van der Waals surface area contributed by atoms with E-state index in [2.05, 4.69) is 58.1 Å². The maximum atomic E-state index is 9.45. The highest BCUT2D eigenvalue weighted by Crippen LogP contribution is 2.40. The minimum Gasteiger partial charge on any atom is -0.307 e. The Kier molecular flexibility index (Phi) is 3.43. The van der Waals surface area contributed by atoms with Gasteiger partial charge in [0.05, 0.1) is 39.8 Å². The van der Waals surface area contributed by atoms with E-state index in [9.17, 15) is 10.5 Å². The second-order valence-electron chi connectivity index (χ2n) is 7.16. The van der Waals surface area contributed by atoms with Crippen LogP contribution in [-0.2, 0) is 0 Å². The first-order valence-corrected chi connectivity index (χ1v) is 10.2. The van der Waals surface area contributed by atoms with Crippen molar-refractivity contribution in [3.8, 4) is 17.8 Å². The molecule has 0 bridgehead atoms. The highest BCUT2D eigenvalue weighted by Gasteiger charge is 2.17. The molecule has 5 heteroatoms. The molecular formula is C25H12N4S. The van der Waals surface area contributed by atoms with Gasteiger partial charge in [0.2, 0.25) is 0 Å². The highest BCUT2D eigenvalue weighted by atomic mass is 32.1. The molecule has 30 heavy (non-hydrogen) atoms. The Hall–Kier alpha value is -4.19. The number of nitrogens with zero attached hydrogens (tertiary/aromatic N) is 4. The van der Waals surface area contributed by atoms with E-state index < -0.39 is 0 Å². The predicted octanol–water partition coefficient (Wildman–Crippen LogP) is 6.29. The van der Waals surface area contributed by atoms with Crippen molar-refractivity contribution in [1.82, 2.24) is 9.55 Å². The lowest BCUT2D eigenvalue weighted by molar-refractivity contribution is 1.17. The van der Waals surface area contributed by atoms with Crippen molar-refractivity contribution in [1.29, 1.82) is 10.5 Å². The van der Waals surface area contributed by atoms with Crippen LogP contribution in [0.25, 0.3) is 47.8 Å². The summed E-state index contributed by atoms with van der Waals surface area (Å²) < 4.78 is 4.55. The maximum absolute atomic E-state index is 9.45. The number of nitriles is 2. The van der Waals surface area contributed by atoms with Crippen LogP contribution >= 0.6 is 11.3 Å². The summed E-state index contributed by atoms with van der Waals surface area (Å²) in [7, 11) is 0. The molecular weight excluding hydrogens is 388 g/mol. The minimum atomic E-state index is 0.464. The van der Waals surface area contributed by atoms with Crippen molar-refractivity contribution in [2.24, 2.45) is 0 Å².